The summed E-state index contributed by atoms with van der Waals surface area (Å²) in [5, 5.41) is 12.7. The molecule has 1 N–H and O–H groups in total. The number of benzene rings is 2. The Kier molecular flexibility index (Phi) is 8.01. The summed E-state index contributed by atoms with van der Waals surface area (Å²) < 4.78 is 7.29. The Morgan fingerprint density at radius 3 is 2.65 bits per heavy atom. The number of hydrogen-bond donors (Lipinski definition) is 1. The van der Waals surface area contributed by atoms with E-state index < -0.39 is 5.25 Å². The minimum absolute atomic E-state index is 0.145. The largest absolute Gasteiger partial charge is 0.494 e. The van der Waals surface area contributed by atoms with Crippen LogP contribution in [-0.2, 0) is 11.3 Å². The van der Waals surface area contributed by atoms with Crippen molar-refractivity contribution in [3.63, 3.8) is 0 Å². The molecule has 1 unspecified atom stereocenters. The summed E-state index contributed by atoms with van der Waals surface area (Å²) >= 11 is 13.7. The molecular formula is C22H22Cl2N4O2S. The Bertz CT molecular complexity index is 1070. The number of nitrogens with one attached hydrogen (secondary N) is 1. The van der Waals surface area contributed by atoms with Crippen LogP contribution in [0.3, 0.4) is 0 Å². The van der Waals surface area contributed by atoms with Crippen LogP contribution in [0.2, 0.25) is 10.0 Å². The van der Waals surface area contributed by atoms with E-state index in [0.717, 1.165) is 5.75 Å². The first-order chi connectivity index (χ1) is 14.9. The zero-order chi connectivity index (χ0) is 22.4. The number of carbonyl (C=O) groups is 1. The molecule has 0 bridgehead atoms. The highest BCUT2D eigenvalue weighted by atomic mass is 35.5. The predicted octanol–water partition coefficient (Wildman–Crippen LogP) is 5.96. The summed E-state index contributed by atoms with van der Waals surface area (Å²) in [6, 6.07) is 12.5. The van der Waals surface area contributed by atoms with E-state index >= 15 is 0 Å². The SMILES string of the molecule is C=CCn1c(SC(C)C(=O)Nc2ccc(OCC)cc2)nnc1-c1ccc(Cl)cc1Cl. The van der Waals surface area contributed by atoms with Crippen molar-refractivity contribution < 1.29 is 9.53 Å². The molecule has 162 valence electrons. The van der Waals surface area contributed by atoms with E-state index in [0.29, 0.717) is 45.4 Å². The van der Waals surface area contributed by atoms with Gasteiger partial charge in [0.2, 0.25) is 5.91 Å². The Hall–Kier alpha value is -2.48. The standard InChI is InChI=1S/C22H22Cl2N4O2S/c1-4-12-28-20(18-11-6-15(23)13-19(18)24)26-27-22(28)31-14(3)21(29)25-16-7-9-17(10-8-16)30-5-2/h4,6-11,13-14H,1,5,12H2,2-3H3,(H,25,29). The second kappa shape index (κ2) is 10.7. The summed E-state index contributed by atoms with van der Waals surface area (Å²) in [6.07, 6.45) is 1.74. The fourth-order valence-electron chi connectivity index (χ4n) is 2.80. The number of ether oxygens (including phenoxy) is 1. The minimum atomic E-state index is -0.409. The van der Waals surface area contributed by atoms with Crippen LogP contribution >= 0.6 is 35.0 Å². The minimum Gasteiger partial charge on any atom is -0.494 e. The molecule has 0 saturated heterocycles. The fourth-order valence-corrected chi connectivity index (χ4v) is 4.15. The van der Waals surface area contributed by atoms with Crippen LogP contribution in [0, 0.1) is 0 Å². The maximum absolute atomic E-state index is 12.7. The lowest BCUT2D eigenvalue weighted by molar-refractivity contribution is -0.115. The molecule has 31 heavy (non-hydrogen) atoms. The molecule has 2 aromatic carbocycles. The molecule has 1 atom stereocenters. The van der Waals surface area contributed by atoms with Gasteiger partial charge in [-0.15, -0.1) is 16.8 Å². The van der Waals surface area contributed by atoms with Crippen molar-refractivity contribution in [1.82, 2.24) is 14.8 Å². The number of anilines is 1. The molecule has 0 aliphatic heterocycles. The van der Waals surface area contributed by atoms with E-state index in [4.69, 9.17) is 27.9 Å². The van der Waals surface area contributed by atoms with Crippen molar-refractivity contribution >= 4 is 46.6 Å². The number of nitrogens with zero attached hydrogens (tertiary/aromatic N) is 3. The Morgan fingerprint density at radius 2 is 2.00 bits per heavy atom. The van der Waals surface area contributed by atoms with E-state index in [1.165, 1.54) is 11.8 Å². The van der Waals surface area contributed by atoms with E-state index in [1.54, 1.807) is 36.4 Å². The first-order valence-corrected chi connectivity index (χ1v) is 11.3. The summed E-state index contributed by atoms with van der Waals surface area (Å²) in [5.74, 6) is 1.20. The van der Waals surface area contributed by atoms with E-state index in [9.17, 15) is 4.79 Å². The van der Waals surface area contributed by atoms with Gasteiger partial charge in [-0.2, -0.15) is 0 Å². The molecule has 1 heterocycles. The molecule has 0 aliphatic carbocycles. The third kappa shape index (κ3) is 5.81. The predicted molar refractivity (Wildman–Crippen MR) is 127 cm³/mol. The maximum Gasteiger partial charge on any atom is 0.237 e. The van der Waals surface area contributed by atoms with Crippen molar-refractivity contribution in [1.29, 1.82) is 0 Å². The number of amides is 1. The van der Waals surface area contributed by atoms with Gasteiger partial charge in [-0.1, -0.05) is 41.0 Å². The van der Waals surface area contributed by atoms with Gasteiger partial charge in [0, 0.05) is 22.8 Å². The smallest absolute Gasteiger partial charge is 0.237 e. The summed E-state index contributed by atoms with van der Waals surface area (Å²) in [4.78, 5) is 12.7. The molecule has 0 radical (unpaired) electrons. The van der Waals surface area contributed by atoms with E-state index in [1.807, 2.05) is 30.5 Å². The number of carbonyl (C=O) groups excluding carboxylic acids is 1. The average Bonchev–Trinajstić information content (AvgIpc) is 3.12. The van der Waals surface area contributed by atoms with Crippen molar-refractivity contribution in [3.05, 3.63) is 65.2 Å². The van der Waals surface area contributed by atoms with Crippen LogP contribution in [0.25, 0.3) is 11.4 Å². The fraction of sp³-hybridized carbons (Fsp3) is 0.227. The van der Waals surface area contributed by atoms with Crippen molar-refractivity contribution in [2.45, 2.75) is 30.8 Å². The average molecular weight is 477 g/mol. The first kappa shape index (κ1) is 23.2. The number of rotatable bonds is 9. The van der Waals surface area contributed by atoms with Gasteiger partial charge in [0.05, 0.1) is 16.9 Å². The second-order valence-electron chi connectivity index (χ2n) is 6.54. The van der Waals surface area contributed by atoms with Gasteiger partial charge >= 0.3 is 0 Å². The van der Waals surface area contributed by atoms with Gasteiger partial charge in [0.25, 0.3) is 0 Å². The molecule has 9 heteroatoms. The number of hydrogen-bond acceptors (Lipinski definition) is 5. The topological polar surface area (TPSA) is 69.0 Å². The third-order valence-corrected chi connectivity index (χ3v) is 5.91. The molecule has 3 rings (SSSR count). The van der Waals surface area contributed by atoms with Gasteiger partial charge < -0.3 is 10.1 Å². The zero-order valence-corrected chi connectivity index (χ0v) is 19.5. The molecular weight excluding hydrogens is 455 g/mol. The second-order valence-corrected chi connectivity index (χ2v) is 8.69. The lowest BCUT2D eigenvalue weighted by atomic mass is 10.2. The van der Waals surface area contributed by atoms with Crippen LogP contribution in [0.1, 0.15) is 13.8 Å². The number of allylic oxidation sites excluding steroid dienone is 1. The van der Waals surface area contributed by atoms with Gasteiger partial charge in [-0.25, -0.2) is 0 Å². The highest BCUT2D eigenvalue weighted by molar-refractivity contribution is 8.00. The molecule has 0 aliphatic rings. The molecule has 3 aromatic rings. The maximum atomic E-state index is 12.7. The van der Waals surface area contributed by atoms with Gasteiger partial charge in [-0.3, -0.25) is 9.36 Å². The van der Waals surface area contributed by atoms with Crippen LogP contribution in [0.5, 0.6) is 5.75 Å². The lowest BCUT2D eigenvalue weighted by Crippen LogP contribution is -2.23. The molecule has 1 aromatic heterocycles. The summed E-state index contributed by atoms with van der Waals surface area (Å²) in [5.41, 5.74) is 1.40. The summed E-state index contributed by atoms with van der Waals surface area (Å²) in [7, 11) is 0. The lowest BCUT2D eigenvalue weighted by Gasteiger charge is -2.13. The monoisotopic (exact) mass is 476 g/mol. The van der Waals surface area contributed by atoms with Crippen molar-refractivity contribution in [2.24, 2.45) is 0 Å². The summed E-state index contributed by atoms with van der Waals surface area (Å²) in [6.45, 7) is 8.61. The Labute approximate surface area is 195 Å². The van der Waals surface area contributed by atoms with Gasteiger partial charge in [-0.05, 0) is 56.3 Å². The highest BCUT2D eigenvalue weighted by Gasteiger charge is 2.21. The van der Waals surface area contributed by atoms with Crippen LogP contribution < -0.4 is 10.1 Å². The normalized spacial score (nSPS) is 11.7. The molecule has 0 spiro atoms. The van der Waals surface area contributed by atoms with E-state index in [2.05, 4.69) is 22.1 Å². The molecule has 6 nitrogen and oxygen atoms in total. The highest BCUT2D eigenvalue weighted by Crippen LogP contribution is 2.32. The first-order valence-electron chi connectivity index (χ1n) is 9.62. The van der Waals surface area contributed by atoms with Crippen LogP contribution in [0.4, 0.5) is 5.69 Å². The van der Waals surface area contributed by atoms with Crippen LogP contribution in [0.15, 0.2) is 60.3 Å². The van der Waals surface area contributed by atoms with Crippen molar-refractivity contribution in [3.8, 4) is 17.1 Å². The quantitative estimate of drug-likeness (QED) is 0.304. The number of aromatic nitrogens is 3. The van der Waals surface area contributed by atoms with Gasteiger partial charge in [0.1, 0.15) is 5.75 Å². The molecule has 0 saturated carbocycles. The number of halogens is 2. The Morgan fingerprint density at radius 1 is 1.26 bits per heavy atom. The molecule has 0 fully saturated rings. The number of thioether (sulfide) groups is 1. The van der Waals surface area contributed by atoms with E-state index in [-0.39, 0.29) is 5.91 Å². The van der Waals surface area contributed by atoms with Crippen molar-refractivity contribution in [2.75, 3.05) is 11.9 Å². The molecule has 1 amide bonds. The Balaban J connectivity index is 1.75. The van der Waals surface area contributed by atoms with Gasteiger partial charge in [0.15, 0.2) is 11.0 Å². The third-order valence-electron chi connectivity index (χ3n) is 4.28. The zero-order valence-electron chi connectivity index (χ0n) is 17.1. The van der Waals surface area contributed by atoms with Crippen LogP contribution in [-0.4, -0.2) is 32.5 Å².